The van der Waals surface area contributed by atoms with Gasteiger partial charge < -0.3 is 10.1 Å². The minimum absolute atomic E-state index is 0.162. The molecular formula is C11H14N4O3. The summed E-state index contributed by atoms with van der Waals surface area (Å²) in [6.07, 6.45) is 2.32. The van der Waals surface area contributed by atoms with Crippen molar-refractivity contribution in [3.8, 4) is 5.88 Å². The van der Waals surface area contributed by atoms with E-state index < -0.39 is 6.04 Å². The van der Waals surface area contributed by atoms with Crippen LogP contribution in [0, 0.1) is 0 Å². The van der Waals surface area contributed by atoms with Gasteiger partial charge in [-0.1, -0.05) is 0 Å². The SMILES string of the molecule is COc1ccnc(NC2CCC(=O)N(C)C2=O)n1. The molecular weight excluding hydrogens is 236 g/mol. The fraction of sp³-hybridized carbons (Fsp3) is 0.455. The Balaban J connectivity index is 2.09. The van der Waals surface area contributed by atoms with E-state index >= 15 is 0 Å². The molecule has 0 radical (unpaired) electrons. The van der Waals surface area contributed by atoms with Gasteiger partial charge in [0.25, 0.3) is 5.91 Å². The summed E-state index contributed by atoms with van der Waals surface area (Å²) in [5.41, 5.74) is 0. The predicted molar refractivity (Wildman–Crippen MR) is 63.0 cm³/mol. The van der Waals surface area contributed by atoms with Crippen molar-refractivity contribution in [3.05, 3.63) is 12.3 Å². The van der Waals surface area contributed by atoms with Gasteiger partial charge in [0.05, 0.1) is 7.11 Å². The third kappa shape index (κ3) is 2.39. The molecule has 0 aliphatic carbocycles. The van der Waals surface area contributed by atoms with Gasteiger partial charge in [0, 0.05) is 25.7 Å². The molecule has 2 rings (SSSR count). The fourth-order valence-electron chi connectivity index (χ4n) is 1.73. The van der Waals surface area contributed by atoms with Crippen LogP contribution in [0.15, 0.2) is 12.3 Å². The van der Waals surface area contributed by atoms with Gasteiger partial charge in [-0.15, -0.1) is 0 Å². The number of amides is 2. The number of methoxy groups -OCH3 is 1. The first-order valence-electron chi connectivity index (χ1n) is 5.56. The molecule has 1 saturated heterocycles. The Morgan fingerprint density at radius 1 is 1.50 bits per heavy atom. The molecule has 1 N–H and O–H groups in total. The van der Waals surface area contributed by atoms with Crippen molar-refractivity contribution in [3.63, 3.8) is 0 Å². The van der Waals surface area contributed by atoms with Crippen molar-refractivity contribution < 1.29 is 14.3 Å². The number of likely N-dealkylation sites (N-methyl/N-ethyl adjacent to an activating group) is 1. The van der Waals surface area contributed by atoms with Gasteiger partial charge in [0.2, 0.25) is 17.7 Å². The number of imide groups is 1. The van der Waals surface area contributed by atoms with Crippen LogP contribution in [-0.4, -0.2) is 46.9 Å². The van der Waals surface area contributed by atoms with Gasteiger partial charge in [-0.05, 0) is 6.42 Å². The molecule has 1 atom stereocenters. The number of nitrogens with one attached hydrogen (secondary N) is 1. The number of piperidine rings is 1. The highest BCUT2D eigenvalue weighted by Gasteiger charge is 2.32. The largest absolute Gasteiger partial charge is 0.481 e. The van der Waals surface area contributed by atoms with E-state index in [1.807, 2.05) is 0 Å². The topological polar surface area (TPSA) is 84.4 Å². The summed E-state index contributed by atoms with van der Waals surface area (Å²) in [4.78, 5) is 32.4. The molecule has 1 aromatic heterocycles. The van der Waals surface area contributed by atoms with Gasteiger partial charge in [0.15, 0.2) is 0 Å². The van der Waals surface area contributed by atoms with Crippen LogP contribution in [0.1, 0.15) is 12.8 Å². The standard InChI is InChI=1S/C11H14N4O3/c1-15-9(16)4-3-7(10(15)17)13-11-12-6-5-8(14-11)18-2/h5-7H,3-4H2,1-2H3,(H,12,13,14). The van der Waals surface area contributed by atoms with E-state index in [0.29, 0.717) is 24.7 Å². The number of ether oxygens (including phenoxy) is 1. The maximum atomic E-state index is 11.9. The van der Waals surface area contributed by atoms with E-state index in [1.54, 1.807) is 6.07 Å². The lowest BCUT2D eigenvalue weighted by Gasteiger charge is -2.28. The van der Waals surface area contributed by atoms with Crippen LogP contribution in [0.25, 0.3) is 0 Å². The summed E-state index contributed by atoms with van der Waals surface area (Å²) in [6, 6.07) is 1.14. The van der Waals surface area contributed by atoms with Gasteiger partial charge in [-0.2, -0.15) is 4.98 Å². The molecule has 96 valence electrons. The van der Waals surface area contributed by atoms with Crippen LogP contribution in [-0.2, 0) is 9.59 Å². The van der Waals surface area contributed by atoms with Crippen LogP contribution in [0.5, 0.6) is 5.88 Å². The Kier molecular flexibility index (Phi) is 3.40. The Morgan fingerprint density at radius 2 is 2.28 bits per heavy atom. The van der Waals surface area contributed by atoms with E-state index in [1.165, 1.54) is 20.4 Å². The van der Waals surface area contributed by atoms with E-state index in [-0.39, 0.29) is 11.8 Å². The molecule has 7 heteroatoms. The maximum Gasteiger partial charge on any atom is 0.251 e. The second kappa shape index (κ2) is 4.99. The average Bonchev–Trinajstić information content (AvgIpc) is 2.40. The van der Waals surface area contributed by atoms with Gasteiger partial charge >= 0.3 is 0 Å². The number of aromatic nitrogens is 2. The lowest BCUT2D eigenvalue weighted by atomic mass is 10.1. The molecule has 0 bridgehead atoms. The Morgan fingerprint density at radius 3 is 3.00 bits per heavy atom. The molecule has 1 fully saturated rings. The molecule has 0 spiro atoms. The second-order valence-electron chi connectivity index (χ2n) is 3.95. The van der Waals surface area contributed by atoms with Crippen LogP contribution >= 0.6 is 0 Å². The first-order chi connectivity index (χ1) is 8.61. The van der Waals surface area contributed by atoms with Crippen LogP contribution in [0.3, 0.4) is 0 Å². The molecule has 0 aromatic carbocycles. The van der Waals surface area contributed by atoms with Gasteiger partial charge in [-0.3, -0.25) is 14.5 Å². The zero-order valence-electron chi connectivity index (χ0n) is 10.2. The number of anilines is 1. The number of likely N-dealkylation sites (tertiary alicyclic amines) is 1. The Labute approximate surface area is 104 Å². The zero-order valence-corrected chi connectivity index (χ0v) is 10.2. The normalized spacial score (nSPS) is 19.9. The number of rotatable bonds is 3. The molecule has 18 heavy (non-hydrogen) atoms. The molecule has 0 saturated carbocycles. The molecule has 1 aliphatic rings. The van der Waals surface area contributed by atoms with E-state index in [4.69, 9.17) is 4.74 Å². The number of hydrogen-bond donors (Lipinski definition) is 1. The Bertz CT molecular complexity index is 477. The maximum absolute atomic E-state index is 11.9. The zero-order chi connectivity index (χ0) is 13.1. The summed E-state index contributed by atoms with van der Waals surface area (Å²) < 4.78 is 4.97. The number of hydrogen-bond acceptors (Lipinski definition) is 6. The third-order valence-electron chi connectivity index (χ3n) is 2.79. The minimum Gasteiger partial charge on any atom is -0.481 e. The van der Waals surface area contributed by atoms with E-state index in [0.717, 1.165) is 4.90 Å². The van der Waals surface area contributed by atoms with E-state index in [9.17, 15) is 9.59 Å². The van der Waals surface area contributed by atoms with Crippen molar-refractivity contribution in [2.75, 3.05) is 19.5 Å². The summed E-state index contributed by atoms with van der Waals surface area (Å²) in [7, 11) is 2.98. The smallest absolute Gasteiger partial charge is 0.251 e. The van der Waals surface area contributed by atoms with Gasteiger partial charge in [0.1, 0.15) is 6.04 Å². The van der Waals surface area contributed by atoms with Crippen LogP contribution in [0.4, 0.5) is 5.95 Å². The fourth-order valence-corrected chi connectivity index (χ4v) is 1.73. The van der Waals surface area contributed by atoms with Crippen LogP contribution in [0.2, 0.25) is 0 Å². The van der Waals surface area contributed by atoms with Crippen molar-refractivity contribution in [2.24, 2.45) is 0 Å². The minimum atomic E-state index is -0.472. The monoisotopic (exact) mass is 250 g/mol. The molecule has 2 heterocycles. The lowest BCUT2D eigenvalue weighted by Crippen LogP contribution is -2.48. The van der Waals surface area contributed by atoms with Crippen molar-refractivity contribution in [1.29, 1.82) is 0 Å². The summed E-state index contributed by atoms with van der Waals surface area (Å²) in [5.74, 6) is 0.304. The highest BCUT2D eigenvalue weighted by Crippen LogP contribution is 2.16. The lowest BCUT2D eigenvalue weighted by molar-refractivity contribution is -0.146. The first-order valence-corrected chi connectivity index (χ1v) is 5.56. The molecule has 7 nitrogen and oxygen atoms in total. The van der Waals surface area contributed by atoms with Crippen molar-refractivity contribution in [1.82, 2.24) is 14.9 Å². The Hall–Kier alpha value is -2.18. The van der Waals surface area contributed by atoms with Gasteiger partial charge in [-0.25, -0.2) is 4.98 Å². The average molecular weight is 250 g/mol. The quantitative estimate of drug-likeness (QED) is 0.763. The number of carbonyl (C=O) groups excluding carboxylic acids is 2. The summed E-state index contributed by atoms with van der Waals surface area (Å²) in [5, 5.41) is 2.91. The van der Waals surface area contributed by atoms with Crippen molar-refractivity contribution >= 4 is 17.8 Å². The predicted octanol–water partition coefficient (Wildman–Crippen LogP) is 0.0445. The van der Waals surface area contributed by atoms with E-state index in [2.05, 4.69) is 15.3 Å². The summed E-state index contributed by atoms with van der Waals surface area (Å²) in [6.45, 7) is 0. The molecule has 1 aromatic rings. The molecule has 1 unspecified atom stereocenters. The van der Waals surface area contributed by atoms with Crippen LogP contribution < -0.4 is 10.1 Å². The molecule has 1 aliphatic heterocycles. The summed E-state index contributed by atoms with van der Waals surface area (Å²) >= 11 is 0. The molecule has 2 amide bonds. The highest BCUT2D eigenvalue weighted by molar-refractivity contribution is 6.01. The highest BCUT2D eigenvalue weighted by atomic mass is 16.5. The number of nitrogens with zero attached hydrogens (tertiary/aromatic N) is 3. The second-order valence-corrected chi connectivity index (χ2v) is 3.95. The van der Waals surface area contributed by atoms with Crippen molar-refractivity contribution in [2.45, 2.75) is 18.9 Å². The first kappa shape index (κ1) is 12.3. The third-order valence-corrected chi connectivity index (χ3v) is 2.79. The number of carbonyl (C=O) groups is 2.